The zero-order chi connectivity index (χ0) is 24.2. The highest BCUT2D eigenvalue weighted by molar-refractivity contribution is 6.24. The molecule has 3 aliphatic rings. The molecule has 2 saturated heterocycles. The van der Waals surface area contributed by atoms with E-state index in [1.165, 1.54) is 0 Å². The summed E-state index contributed by atoms with van der Waals surface area (Å²) >= 11 is 0. The summed E-state index contributed by atoms with van der Waals surface area (Å²) in [5.41, 5.74) is -0.945. The molecule has 0 amide bonds. The summed E-state index contributed by atoms with van der Waals surface area (Å²) in [5.74, 6) is -1.68. The molecule has 5 atom stereocenters. The Balaban J connectivity index is 2.22. The molecule has 0 aromatic heterocycles. The predicted molar refractivity (Wildman–Crippen MR) is 125 cm³/mol. The summed E-state index contributed by atoms with van der Waals surface area (Å²) in [6.07, 6.45) is 5.15. The van der Waals surface area contributed by atoms with Gasteiger partial charge < -0.3 is 14.9 Å². The number of hydrogen-bond acceptors (Lipinski definition) is 5. The first kappa shape index (κ1) is 24.8. The number of carbonyl (C=O) groups excluding carboxylic acids is 2. The molecule has 0 spiro atoms. The Bertz CT molecular complexity index is 918. The molecule has 0 aromatic rings. The van der Waals surface area contributed by atoms with Crippen LogP contribution < -0.4 is 0 Å². The molecule has 178 valence electrons. The first-order valence-corrected chi connectivity index (χ1v) is 12.0. The van der Waals surface area contributed by atoms with E-state index in [4.69, 9.17) is 4.74 Å². The number of rotatable bonds is 7. The van der Waals surface area contributed by atoms with Gasteiger partial charge >= 0.3 is 0 Å². The molecule has 5 nitrogen and oxygen atoms in total. The normalized spacial score (nSPS) is 35.7. The van der Waals surface area contributed by atoms with Crippen LogP contribution >= 0.6 is 0 Å². The first-order valence-electron chi connectivity index (χ1n) is 12.0. The molecule has 32 heavy (non-hydrogen) atoms. The number of hydrogen-bond donors (Lipinski definition) is 2. The number of allylic oxidation sites excluding steroid dienone is 5. The van der Waals surface area contributed by atoms with Crippen LogP contribution in [0.1, 0.15) is 87.5 Å². The summed E-state index contributed by atoms with van der Waals surface area (Å²) in [5, 5.41) is 22.9. The van der Waals surface area contributed by atoms with Gasteiger partial charge in [-0.15, -0.1) is 0 Å². The Morgan fingerprint density at radius 3 is 2.31 bits per heavy atom. The van der Waals surface area contributed by atoms with Gasteiger partial charge in [-0.1, -0.05) is 39.3 Å². The molecule has 2 fully saturated rings. The second-order valence-corrected chi connectivity index (χ2v) is 11.2. The molecular weight excluding hydrogens is 404 g/mol. The van der Waals surface area contributed by atoms with Crippen LogP contribution in [0.5, 0.6) is 0 Å². The number of Topliss-reactive ketones (excluding diaryl/α,β-unsaturated/α-hetero) is 2. The SMILES string of the molecule is CCC(C)C(=O)C1=C(O)C([C@@H]2C[C@@]3(C(C)C)CC[C@@]2(C)O3)=C(O)C(C)(CC=C(C)C)C1=O. The number of carbonyl (C=O) groups is 2. The highest BCUT2D eigenvalue weighted by Gasteiger charge is 2.63. The molecule has 2 unspecified atom stereocenters. The van der Waals surface area contributed by atoms with E-state index < -0.39 is 16.8 Å². The molecule has 2 heterocycles. The minimum absolute atomic E-state index is 0.112. The molecule has 0 aromatic carbocycles. The van der Waals surface area contributed by atoms with E-state index in [2.05, 4.69) is 13.8 Å². The van der Waals surface area contributed by atoms with Gasteiger partial charge in [-0.05, 0) is 65.7 Å². The average Bonchev–Trinajstić information content (AvgIpc) is 3.23. The van der Waals surface area contributed by atoms with Gasteiger partial charge in [-0.2, -0.15) is 0 Å². The van der Waals surface area contributed by atoms with Crippen LogP contribution in [0.3, 0.4) is 0 Å². The second kappa shape index (κ2) is 8.16. The standard InChI is InChI=1S/C27H40O5/c1-9-17(6)21(28)20-22(29)19(23(30)25(7,24(20)31)11-10-15(2)3)18-14-27(16(4)5)13-12-26(18,8)32-27/h10,16-18,29-30H,9,11-14H2,1-8H3/t17?,18-,25?,26+,27+/m0/s1. The van der Waals surface area contributed by atoms with E-state index in [1.807, 2.05) is 33.8 Å². The number of ether oxygens (including phenoxy) is 1. The first-order chi connectivity index (χ1) is 14.7. The Morgan fingerprint density at radius 2 is 1.81 bits per heavy atom. The maximum Gasteiger partial charge on any atom is 0.183 e. The Hall–Kier alpha value is -1.88. The van der Waals surface area contributed by atoms with Gasteiger partial charge in [-0.3, -0.25) is 9.59 Å². The van der Waals surface area contributed by atoms with Crippen molar-refractivity contribution in [1.82, 2.24) is 0 Å². The van der Waals surface area contributed by atoms with Crippen molar-refractivity contribution in [1.29, 1.82) is 0 Å². The fourth-order valence-corrected chi connectivity index (χ4v) is 5.65. The average molecular weight is 445 g/mol. The van der Waals surface area contributed by atoms with Crippen molar-refractivity contribution in [2.24, 2.45) is 23.2 Å². The third-order valence-electron chi connectivity index (χ3n) is 8.39. The van der Waals surface area contributed by atoms with Crippen molar-refractivity contribution in [3.05, 3.63) is 34.3 Å². The summed E-state index contributed by atoms with van der Waals surface area (Å²) < 4.78 is 6.57. The summed E-state index contributed by atoms with van der Waals surface area (Å²) in [7, 11) is 0. The molecule has 0 radical (unpaired) electrons. The monoisotopic (exact) mass is 444 g/mol. The molecule has 2 N–H and O–H groups in total. The van der Waals surface area contributed by atoms with Crippen molar-refractivity contribution in [3.63, 3.8) is 0 Å². The molecule has 3 rings (SSSR count). The van der Waals surface area contributed by atoms with Crippen LogP contribution in [0.2, 0.25) is 0 Å². The fraction of sp³-hybridized carbons (Fsp3) is 0.704. The molecule has 5 heteroatoms. The lowest BCUT2D eigenvalue weighted by molar-refractivity contribution is -0.129. The third-order valence-corrected chi connectivity index (χ3v) is 8.39. The number of aliphatic hydroxyl groups excluding tert-OH is 2. The van der Waals surface area contributed by atoms with Gasteiger partial charge in [0.2, 0.25) is 0 Å². The van der Waals surface area contributed by atoms with Gasteiger partial charge in [0, 0.05) is 17.4 Å². The molecule has 2 bridgehead atoms. The van der Waals surface area contributed by atoms with Crippen molar-refractivity contribution >= 4 is 11.6 Å². The van der Waals surface area contributed by atoms with Crippen LogP contribution in [0.15, 0.2) is 34.3 Å². The van der Waals surface area contributed by atoms with Gasteiger partial charge in [0.1, 0.15) is 17.1 Å². The van der Waals surface area contributed by atoms with Crippen molar-refractivity contribution in [2.75, 3.05) is 0 Å². The molecule has 1 aliphatic carbocycles. The minimum atomic E-state index is -1.29. The quantitative estimate of drug-likeness (QED) is 0.363. The Morgan fingerprint density at radius 1 is 1.19 bits per heavy atom. The smallest absolute Gasteiger partial charge is 0.183 e. The molecular formula is C27H40O5. The second-order valence-electron chi connectivity index (χ2n) is 11.2. The minimum Gasteiger partial charge on any atom is -0.511 e. The number of fused-ring (bicyclic) bond motifs is 2. The summed E-state index contributed by atoms with van der Waals surface area (Å²) in [6, 6.07) is 0. The van der Waals surface area contributed by atoms with Crippen molar-refractivity contribution in [3.8, 4) is 0 Å². The lowest BCUT2D eigenvalue weighted by Crippen LogP contribution is -2.43. The van der Waals surface area contributed by atoms with Crippen LogP contribution in [-0.2, 0) is 14.3 Å². The fourth-order valence-electron chi connectivity index (χ4n) is 5.65. The summed E-state index contributed by atoms with van der Waals surface area (Å²) in [6.45, 7) is 15.5. The van der Waals surface area contributed by atoms with Gasteiger partial charge in [-0.25, -0.2) is 0 Å². The Labute approximate surface area is 192 Å². The van der Waals surface area contributed by atoms with E-state index >= 15 is 0 Å². The third kappa shape index (κ3) is 3.57. The zero-order valence-electron chi connectivity index (χ0n) is 21.0. The summed E-state index contributed by atoms with van der Waals surface area (Å²) in [4.78, 5) is 26.9. The van der Waals surface area contributed by atoms with Gasteiger partial charge in [0.05, 0.1) is 16.6 Å². The van der Waals surface area contributed by atoms with Crippen LogP contribution in [-0.4, -0.2) is 33.0 Å². The van der Waals surface area contributed by atoms with Crippen molar-refractivity contribution in [2.45, 2.75) is 98.7 Å². The Kier molecular flexibility index (Phi) is 6.31. The van der Waals surface area contributed by atoms with E-state index in [0.717, 1.165) is 18.4 Å². The van der Waals surface area contributed by atoms with Crippen molar-refractivity contribution < 1.29 is 24.5 Å². The van der Waals surface area contributed by atoms with E-state index in [9.17, 15) is 19.8 Å². The van der Waals surface area contributed by atoms with Gasteiger partial charge in [0.25, 0.3) is 0 Å². The maximum absolute atomic E-state index is 13.6. The zero-order valence-corrected chi connectivity index (χ0v) is 21.0. The van der Waals surface area contributed by atoms with Crippen LogP contribution in [0, 0.1) is 23.2 Å². The number of aliphatic hydroxyl groups is 2. The maximum atomic E-state index is 13.6. The van der Waals surface area contributed by atoms with Crippen LogP contribution in [0.25, 0.3) is 0 Å². The van der Waals surface area contributed by atoms with Gasteiger partial charge in [0.15, 0.2) is 11.6 Å². The topological polar surface area (TPSA) is 83.8 Å². The van der Waals surface area contributed by atoms with E-state index in [1.54, 1.807) is 13.8 Å². The number of ketones is 2. The van der Waals surface area contributed by atoms with E-state index in [-0.39, 0.29) is 52.7 Å². The lowest BCUT2D eigenvalue weighted by Gasteiger charge is -2.39. The highest BCUT2D eigenvalue weighted by Crippen LogP contribution is 2.61. The highest BCUT2D eigenvalue weighted by atomic mass is 16.5. The van der Waals surface area contributed by atoms with E-state index in [0.29, 0.717) is 18.4 Å². The largest absolute Gasteiger partial charge is 0.511 e. The molecule has 2 aliphatic heterocycles. The predicted octanol–water partition coefficient (Wildman–Crippen LogP) is 6.15. The molecule has 0 saturated carbocycles. The lowest BCUT2D eigenvalue weighted by atomic mass is 9.62. The van der Waals surface area contributed by atoms with Crippen LogP contribution in [0.4, 0.5) is 0 Å².